The smallest absolute Gasteiger partial charge is 0.342 e. The van der Waals surface area contributed by atoms with Crippen LogP contribution in [0.15, 0.2) is 128 Å². The number of fused-ring (bicyclic) bond motifs is 3. The minimum Gasteiger partial charge on any atom is -0.507 e. The van der Waals surface area contributed by atoms with Crippen molar-refractivity contribution in [1.29, 1.82) is 0 Å². The minimum absolute atomic E-state index is 0.0207. The molecule has 3 aliphatic rings. The average molecular weight is 1090 g/mol. The number of aliphatic hydroxyl groups is 2. The molecular weight excluding hydrogens is 1000 g/mol. The number of carbonyl (C=O) groups is 5. The van der Waals surface area contributed by atoms with Crippen LogP contribution in [0.2, 0.25) is 0 Å². The molecule has 3 heterocycles. The first-order chi connectivity index (χ1) is 37.8. The number of aliphatic hydroxyl groups excluding tert-OH is 2. The van der Waals surface area contributed by atoms with Gasteiger partial charge in [0.2, 0.25) is 0 Å². The number of phenolic OH excluding ortho intramolecular Hbond substituents is 2. The van der Waals surface area contributed by atoms with E-state index in [0.717, 1.165) is 29.5 Å². The number of esters is 3. The van der Waals surface area contributed by atoms with E-state index in [0.29, 0.717) is 68.9 Å². The molecule has 0 aromatic heterocycles. The van der Waals surface area contributed by atoms with Crippen molar-refractivity contribution in [2.45, 2.75) is 162 Å². The van der Waals surface area contributed by atoms with Crippen molar-refractivity contribution in [3.63, 3.8) is 0 Å². The highest BCUT2D eigenvalue weighted by Gasteiger charge is 2.29. The summed E-state index contributed by atoms with van der Waals surface area (Å²) in [7, 11) is 1.59. The zero-order valence-corrected chi connectivity index (χ0v) is 47.4. The van der Waals surface area contributed by atoms with Crippen LogP contribution in [0.4, 0.5) is 0 Å². The summed E-state index contributed by atoms with van der Waals surface area (Å²) in [6.07, 6.45) is 26.2. The van der Waals surface area contributed by atoms with Crippen molar-refractivity contribution in [2.75, 3.05) is 13.9 Å². The Morgan fingerprint density at radius 1 is 0.570 bits per heavy atom. The van der Waals surface area contributed by atoms with Crippen LogP contribution in [-0.2, 0) is 52.5 Å². The van der Waals surface area contributed by atoms with Gasteiger partial charge in [-0.25, -0.2) is 14.4 Å². The molecule has 6 rings (SSSR count). The monoisotopic (exact) mass is 1090 g/mol. The van der Waals surface area contributed by atoms with Crippen LogP contribution in [0.3, 0.4) is 0 Å². The molecular formula is C65H84O14. The number of carbonyl (C=O) groups excluding carboxylic acids is 5. The minimum atomic E-state index is -0.633. The van der Waals surface area contributed by atoms with Crippen LogP contribution < -0.4 is 0 Å². The largest absolute Gasteiger partial charge is 0.507 e. The maximum absolute atomic E-state index is 13.0. The summed E-state index contributed by atoms with van der Waals surface area (Å²) in [4.78, 5) is 60.7. The Morgan fingerprint density at radius 3 is 1.39 bits per heavy atom. The molecule has 4 N–H and O–H groups in total. The number of rotatable bonds is 11. The van der Waals surface area contributed by atoms with E-state index in [9.17, 15) is 44.4 Å². The van der Waals surface area contributed by atoms with E-state index < -0.39 is 42.5 Å². The maximum Gasteiger partial charge on any atom is 0.342 e. The van der Waals surface area contributed by atoms with Gasteiger partial charge in [0, 0.05) is 45.6 Å². The van der Waals surface area contributed by atoms with Crippen LogP contribution >= 0.6 is 0 Å². The van der Waals surface area contributed by atoms with Crippen LogP contribution in [0.5, 0.6) is 11.5 Å². The van der Waals surface area contributed by atoms with E-state index in [2.05, 4.69) is 19.1 Å². The summed E-state index contributed by atoms with van der Waals surface area (Å²) in [6.45, 7) is 13.0. The summed E-state index contributed by atoms with van der Waals surface area (Å²) >= 11 is 0. The third-order valence-electron chi connectivity index (χ3n) is 14.1. The Labute approximate surface area is 467 Å². The number of hydrogen-bond donors (Lipinski definition) is 4. The number of benzene rings is 3. The highest BCUT2D eigenvalue weighted by atomic mass is 16.7. The lowest BCUT2D eigenvalue weighted by molar-refractivity contribution is -0.113. The van der Waals surface area contributed by atoms with Crippen LogP contribution in [0.1, 0.15) is 153 Å². The lowest BCUT2D eigenvalue weighted by Crippen LogP contribution is -2.31. The van der Waals surface area contributed by atoms with Gasteiger partial charge in [-0.2, -0.15) is 0 Å². The number of hydrogen-bond acceptors (Lipinski definition) is 14. The number of phenols is 2. The van der Waals surface area contributed by atoms with Gasteiger partial charge in [0.1, 0.15) is 47.7 Å². The first-order valence-electron chi connectivity index (χ1n) is 27.5. The molecule has 0 radical (unpaired) electrons. The van der Waals surface area contributed by atoms with Crippen LogP contribution in [0.25, 0.3) is 0 Å². The molecule has 0 aliphatic carbocycles. The molecule has 14 heteroatoms. The Kier molecular flexibility index (Phi) is 28.2. The highest BCUT2D eigenvalue weighted by molar-refractivity contribution is 5.95. The summed E-state index contributed by atoms with van der Waals surface area (Å²) in [6, 6.07) is 15.8. The number of ether oxygens (including phenoxy) is 5. The fourth-order valence-electron chi connectivity index (χ4n) is 9.36. The Balaban J connectivity index is 0.000000256. The summed E-state index contributed by atoms with van der Waals surface area (Å²) in [5, 5.41) is 41.0. The summed E-state index contributed by atoms with van der Waals surface area (Å²) in [5.74, 6) is -1.44. The average Bonchev–Trinajstić information content (AvgIpc) is 3.40. The molecule has 0 saturated heterocycles. The van der Waals surface area contributed by atoms with Crippen LogP contribution in [0, 0.1) is 24.7 Å². The lowest BCUT2D eigenvalue weighted by atomic mass is 9.93. The molecule has 0 spiro atoms. The molecule has 9 atom stereocenters. The standard InChI is InChI=1S/C24H32O5.C21H26O5.C20H26O4/c1-17-9-5-6-12-20-13-7-10-18(2)23(20)24(26)29-21(14-8-11-19(3)25)15-22(17)28-16-27-4;1-14-7-3-4-9-16-10-6-12-18(23)20(16)21(25)26-17(13-19(14)24)11-5-8-15(2)22;1-3-4-11-16-13-18(22)14(2)8-5-6-9-15-10-7-12-17(21)19(15)20(23)24-16/h5-8,10-11,13,17,21-22H,9,12,14-16H2,1-4H3;3-6,8,10,12,14,17,19,23-24H,7,9,11,13H2,1-2H3;3-7,10,12,14,16,18,21-22H,8-9,11,13H2,1-2H3/b6-5+,11-8?;4-3+,8-5+;4-3-,6-5+/t17-,21?,22+;14-,17?,19+;14-,16?,18+/m000/s1. The van der Waals surface area contributed by atoms with E-state index >= 15 is 0 Å². The Bertz CT molecular complexity index is 2640. The van der Waals surface area contributed by atoms with Crippen molar-refractivity contribution in [3.05, 3.63) is 166 Å². The molecule has 3 aromatic carbocycles. The van der Waals surface area contributed by atoms with Gasteiger partial charge in [-0.3, -0.25) is 9.59 Å². The van der Waals surface area contributed by atoms with Gasteiger partial charge in [0.05, 0.1) is 23.9 Å². The molecule has 0 bridgehead atoms. The molecule has 0 amide bonds. The zero-order valence-electron chi connectivity index (χ0n) is 47.4. The van der Waals surface area contributed by atoms with Gasteiger partial charge in [-0.1, -0.05) is 124 Å². The van der Waals surface area contributed by atoms with Gasteiger partial charge in [0.15, 0.2) is 11.6 Å². The fraction of sp³-hybridized carbons (Fsp3) is 0.462. The van der Waals surface area contributed by atoms with E-state index in [4.69, 9.17) is 23.7 Å². The molecule has 3 unspecified atom stereocenters. The Hall–Kier alpha value is -6.71. The predicted octanol–water partition coefficient (Wildman–Crippen LogP) is 11.7. The van der Waals surface area contributed by atoms with E-state index in [1.54, 1.807) is 37.5 Å². The van der Waals surface area contributed by atoms with Gasteiger partial charge in [0.25, 0.3) is 0 Å². The number of cyclic esters (lactones) is 3. The highest BCUT2D eigenvalue weighted by Crippen LogP contribution is 2.30. The number of allylic oxidation sites excluding steroid dienone is 9. The molecule has 3 aliphatic heterocycles. The summed E-state index contributed by atoms with van der Waals surface area (Å²) < 4.78 is 28.1. The molecule has 428 valence electrons. The fourth-order valence-corrected chi connectivity index (χ4v) is 9.36. The zero-order chi connectivity index (χ0) is 57.9. The number of methoxy groups -OCH3 is 1. The predicted molar refractivity (Wildman–Crippen MR) is 306 cm³/mol. The van der Waals surface area contributed by atoms with E-state index in [-0.39, 0.29) is 77.2 Å². The van der Waals surface area contributed by atoms with Crippen molar-refractivity contribution < 1.29 is 68.1 Å². The number of aromatic hydroxyl groups is 2. The quantitative estimate of drug-likeness (QED) is 0.0463. The van der Waals surface area contributed by atoms with Gasteiger partial charge in [-0.15, -0.1) is 0 Å². The second kappa shape index (κ2) is 34.3. The van der Waals surface area contributed by atoms with E-state index in [1.807, 2.05) is 88.4 Å². The molecule has 14 nitrogen and oxygen atoms in total. The third-order valence-corrected chi connectivity index (χ3v) is 14.1. The number of ketones is 2. The SMILES string of the molecule is C/C=C\CC1C[C@@H](O)[C@@H](C)C/C=C/Cc2cccc(O)c2C(=O)O1.CC(=O)/C=C/CC1C[C@@H](O)[C@@H](C)C/C=C/Cc2cccc(O)c2C(=O)O1.COCO[C@@H]1CC(CC=CC(C)=O)OC(=O)c2c(C)cccc2C/C=C/C[C@@H]1C. The van der Waals surface area contributed by atoms with Gasteiger partial charge >= 0.3 is 17.9 Å². The van der Waals surface area contributed by atoms with Crippen molar-refractivity contribution in [1.82, 2.24) is 0 Å². The number of aryl methyl sites for hydroxylation is 1. The van der Waals surface area contributed by atoms with Crippen molar-refractivity contribution >= 4 is 29.5 Å². The van der Waals surface area contributed by atoms with Gasteiger partial charge in [-0.05, 0) is 131 Å². The molecule has 3 aromatic rings. The molecule has 0 fully saturated rings. The molecule has 79 heavy (non-hydrogen) atoms. The first-order valence-corrected chi connectivity index (χ1v) is 27.5. The summed E-state index contributed by atoms with van der Waals surface area (Å²) in [5.41, 5.74) is 4.30. The second-order valence-electron chi connectivity index (χ2n) is 20.7. The van der Waals surface area contributed by atoms with Crippen LogP contribution in [-0.4, -0.2) is 100 Å². The van der Waals surface area contributed by atoms with E-state index in [1.165, 1.54) is 38.1 Å². The van der Waals surface area contributed by atoms with Crippen molar-refractivity contribution in [3.8, 4) is 11.5 Å². The third kappa shape index (κ3) is 22.2. The van der Waals surface area contributed by atoms with Gasteiger partial charge < -0.3 is 44.1 Å². The molecule has 0 saturated carbocycles. The first kappa shape index (κ1) is 64.8. The Morgan fingerprint density at radius 2 is 0.962 bits per heavy atom. The maximum atomic E-state index is 13.0. The normalized spacial score (nSPS) is 25.5. The lowest BCUT2D eigenvalue weighted by Gasteiger charge is -2.28. The topological polar surface area (TPSA) is 212 Å². The second-order valence-corrected chi connectivity index (χ2v) is 20.7. The van der Waals surface area contributed by atoms with Crippen molar-refractivity contribution in [2.24, 2.45) is 17.8 Å².